The maximum Gasteiger partial charge on any atom is 0.246 e. The molecule has 4 nitrogen and oxygen atoms in total. The summed E-state index contributed by atoms with van der Waals surface area (Å²) < 4.78 is 52.7. The first kappa shape index (κ1) is 15.3. The Morgan fingerprint density at radius 1 is 1.40 bits per heavy atom. The lowest BCUT2D eigenvalue weighted by atomic mass is 9.93. The van der Waals surface area contributed by atoms with Crippen molar-refractivity contribution < 1.29 is 22.3 Å². The van der Waals surface area contributed by atoms with Gasteiger partial charge in [-0.15, -0.1) is 0 Å². The van der Waals surface area contributed by atoms with E-state index >= 15 is 0 Å². The first-order valence-electron chi connectivity index (χ1n) is 6.45. The van der Waals surface area contributed by atoms with Crippen molar-refractivity contribution in [3.05, 3.63) is 29.8 Å². The van der Waals surface area contributed by atoms with E-state index in [1.54, 1.807) is 0 Å². The predicted molar refractivity (Wildman–Crippen MR) is 69.5 cm³/mol. The van der Waals surface area contributed by atoms with Crippen LogP contribution in [0.25, 0.3) is 0 Å². The van der Waals surface area contributed by atoms with E-state index in [4.69, 9.17) is 0 Å². The Bertz CT molecular complexity index is 591. The molecule has 0 aliphatic carbocycles. The van der Waals surface area contributed by atoms with Crippen LogP contribution in [0.4, 0.5) is 8.78 Å². The monoisotopic (exact) mass is 305 g/mol. The second-order valence-electron chi connectivity index (χ2n) is 5.06. The van der Waals surface area contributed by atoms with Gasteiger partial charge in [0.1, 0.15) is 16.5 Å². The number of hydrogen-bond acceptors (Lipinski definition) is 3. The number of benzene rings is 1. The van der Waals surface area contributed by atoms with E-state index < -0.39 is 32.6 Å². The van der Waals surface area contributed by atoms with Crippen LogP contribution in [0.3, 0.4) is 0 Å². The Morgan fingerprint density at radius 2 is 2.10 bits per heavy atom. The SMILES string of the molecule is C[C@@H]1CCCN(S(=O)(=O)c2ccc(F)cc2F)[C@H]1CO. The van der Waals surface area contributed by atoms with Crippen LogP contribution in [-0.4, -0.2) is 37.0 Å². The molecule has 0 saturated carbocycles. The number of sulfonamides is 1. The third kappa shape index (κ3) is 2.70. The molecule has 2 atom stereocenters. The van der Waals surface area contributed by atoms with E-state index in [0.29, 0.717) is 12.5 Å². The van der Waals surface area contributed by atoms with Crippen molar-refractivity contribution in [2.24, 2.45) is 5.92 Å². The van der Waals surface area contributed by atoms with E-state index in [1.165, 1.54) is 0 Å². The minimum absolute atomic E-state index is 0.00738. The van der Waals surface area contributed by atoms with Gasteiger partial charge in [0.25, 0.3) is 0 Å². The lowest BCUT2D eigenvalue weighted by Crippen LogP contribution is -2.49. The highest BCUT2D eigenvalue weighted by atomic mass is 32.2. The minimum Gasteiger partial charge on any atom is -0.395 e. The highest BCUT2D eigenvalue weighted by Gasteiger charge is 2.38. The summed E-state index contributed by atoms with van der Waals surface area (Å²) in [5.74, 6) is -1.95. The standard InChI is InChI=1S/C13H17F2NO3S/c1-9-3-2-6-16(12(9)8-17)20(18,19)13-5-4-10(14)7-11(13)15/h4-5,7,9,12,17H,2-3,6,8H2,1H3/t9-,12+/m1/s1. The average Bonchev–Trinajstić information content (AvgIpc) is 2.37. The van der Waals surface area contributed by atoms with Crippen molar-refractivity contribution in [3.8, 4) is 0 Å². The lowest BCUT2D eigenvalue weighted by Gasteiger charge is -2.37. The summed E-state index contributed by atoms with van der Waals surface area (Å²) in [6.45, 7) is 1.77. The van der Waals surface area contributed by atoms with Crippen molar-refractivity contribution in [1.29, 1.82) is 0 Å². The first-order chi connectivity index (χ1) is 9.37. The van der Waals surface area contributed by atoms with Crippen LogP contribution in [-0.2, 0) is 10.0 Å². The number of hydrogen-bond donors (Lipinski definition) is 1. The zero-order chi connectivity index (χ0) is 14.9. The third-order valence-corrected chi connectivity index (χ3v) is 5.69. The van der Waals surface area contributed by atoms with E-state index in [0.717, 1.165) is 22.9 Å². The summed E-state index contributed by atoms with van der Waals surface area (Å²) in [5, 5.41) is 9.40. The predicted octanol–water partition coefficient (Wildman–Crippen LogP) is 1.75. The van der Waals surface area contributed by atoms with Gasteiger partial charge >= 0.3 is 0 Å². The summed E-state index contributed by atoms with van der Waals surface area (Å²) in [6, 6.07) is 1.82. The molecule has 1 fully saturated rings. The molecule has 7 heteroatoms. The number of halogens is 2. The van der Waals surface area contributed by atoms with Gasteiger partial charge in [-0.2, -0.15) is 4.31 Å². The normalized spacial score (nSPS) is 24.8. The molecule has 0 spiro atoms. The number of rotatable bonds is 3. The van der Waals surface area contributed by atoms with Crippen molar-refractivity contribution in [3.63, 3.8) is 0 Å². The van der Waals surface area contributed by atoms with Crippen molar-refractivity contribution in [1.82, 2.24) is 4.31 Å². The van der Waals surface area contributed by atoms with Crippen LogP contribution >= 0.6 is 0 Å². The van der Waals surface area contributed by atoms with Gasteiger partial charge in [-0.25, -0.2) is 17.2 Å². The van der Waals surface area contributed by atoms with Gasteiger partial charge in [-0.3, -0.25) is 0 Å². The molecule has 1 aromatic rings. The Morgan fingerprint density at radius 3 is 2.70 bits per heavy atom. The topological polar surface area (TPSA) is 57.6 Å². The van der Waals surface area contributed by atoms with Crippen molar-refractivity contribution >= 4 is 10.0 Å². The summed E-state index contributed by atoms with van der Waals surface area (Å²) in [6.07, 6.45) is 1.46. The second-order valence-corrected chi connectivity index (χ2v) is 6.92. The first-order valence-corrected chi connectivity index (χ1v) is 7.89. The molecular weight excluding hydrogens is 288 g/mol. The molecule has 0 radical (unpaired) electrons. The average molecular weight is 305 g/mol. The summed E-state index contributed by atoms with van der Waals surface area (Å²) >= 11 is 0. The molecule has 1 aliphatic rings. The fourth-order valence-electron chi connectivity index (χ4n) is 2.59. The highest BCUT2D eigenvalue weighted by Crippen LogP contribution is 2.30. The number of piperidine rings is 1. The molecule has 1 heterocycles. The largest absolute Gasteiger partial charge is 0.395 e. The van der Waals surface area contributed by atoms with Gasteiger partial charge in [0.05, 0.1) is 12.6 Å². The molecule has 2 rings (SSSR count). The zero-order valence-electron chi connectivity index (χ0n) is 11.1. The van der Waals surface area contributed by atoms with Gasteiger partial charge in [-0.05, 0) is 30.9 Å². The van der Waals surface area contributed by atoms with E-state index in [2.05, 4.69) is 0 Å². The molecule has 112 valence electrons. The van der Waals surface area contributed by atoms with Crippen molar-refractivity contribution in [2.45, 2.75) is 30.7 Å². The Hall–Kier alpha value is -1.05. The van der Waals surface area contributed by atoms with Gasteiger partial charge in [0.15, 0.2) is 0 Å². The Balaban J connectivity index is 2.43. The van der Waals surface area contributed by atoms with Gasteiger partial charge < -0.3 is 5.11 Å². The summed E-state index contributed by atoms with van der Waals surface area (Å²) in [7, 11) is -4.07. The summed E-state index contributed by atoms with van der Waals surface area (Å²) in [5.41, 5.74) is 0. The van der Waals surface area contributed by atoms with Gasteiger partial charge in [0.2, 0.25) is 10.0 Å². The van der Waals surface area contributed by atoms with Crippen molar-refractivity contribution in [2.75, 3.05) is 13.2 Å². The highest BCUT2D eigenvalue weighted by molar-refractivity contribution is 7.89. The van der Waals surface area contributed by atoms with Crippen LogP contribution < -0.4 is 0 Å². The molecule has 0 unspecified atom stereocenters. The Kier molecular flexibility index (Phi) is 4.41. The molecular formula is C13H17F2NO3S. The molecule has 0 bridgehead atoms. The van der Waals surface area contributed by atoms with E-state index in [1.807, 2.05) is 6.92 Å². The molecule has 0 amide bonds. The molecule has 1 aromatic carbocycles. The fraction of sp³-hybridized carbons (Fsp3) is 0.538. The quantitative estimate of drug-likeness (QED) is 0.925. The van der Waals surface area contributed by atoms with Crippen LogP contribution in [0.5, 0.6) is 0 Å². The number of nitrogens with zero attached hydrogens (tertiary/aromatic N) is 1. The molecule has 1 N–H and O–H groups in total. The maximum absolute atomic E-state index is 13.7. The van der Waals surface area contributed by atoms with Gasteiger partial charge in [0, 0.05) is 12.6 Å². The van der Waals surface area contributed by atoms with E-state index in [9.17, 15) is 22.3 Å². The van der Waals surface area contributed by atoms with E-state index in [-0.39, 0.29) is 19.1 Å². The summed E-state index contributed by atoms with van der Waals surface area (Å²) in [4.78, 5) is -0.550. The molecule has 1 aliphatic heterocycles. The van der Waals surface area contributed by atoms with Crippen LogP contribution in [0, 0.1) is 17.6 Å². The molecule has 0 aromatic heterocycles. The molecule has 1 saturated heterocycles. The van der Waals surface area contributed by atoms with Crippen LogP contribution in [0.2, 0.25) is 0 Å². The van der Waals surface area contributed by atoms with Gasteiger partial charge in [-0.1, -0.05) is 6.92 Å². The third-order valence-electron chi connectivity index (χ3n) is 3.73. The number of aliphatic hydroxyl groups excluding tert-OH is 1. The maximum atomic E-state index is 13.7. The smallest absolute Gasteiger partial charge is 0.246 e. The lowest BCUT2D eigenvalue weighted by molar-refractivity contribution is 0.113. The van der Waals surface area contributed by atoms with Crippen LogP contribution in [0.1, 0.15) is 19.8 Å². The zero-order valence-corrected chi connectivity index (χ0v) is 11.9. The fourth-order valence-corrected chi connectivity index (χ4v) is 4.39. The van der Waals surface area contributed by atoms with Crippen LogP contribution in [0.15, 0.2) is 23.1 Å². The minimum atomic E-state index is -4.07. The molecule has 20 heavy (non-hydrogen) atoms. The second kappa shape index (κ2) is 5.75. The Labute approximate surface area is 117 Å². The number of aliphatic hydroxyl groups is 1.